The van der Waals surface area contributed by atoms with Gasteiger partial charge in [-0.3, -0.25) is 9.69 Å². The molecular formula is C21H26ClNO2. The van der Waals surface area contributed by atoms with Crippen LogP contribution in [0, 0.1) is 5.92 Å². The summed E-state index contributed by atoms with van der Waals surface area (Å²) in [6.45, 7) is 4.40. The van der Waals surface area contributed by atoms with Gasteiger partial charge >= 0.3 is 0 Å². The van der Waals surface area contributed by atoms with Gasteiger partial charge in [-0.25, -0.2) is 0 Å². The molecule has 1 N–H and O–H groups in total. The molecule has 0 bridgehead atoms. The van der Waals surface area contributed by atoms with Gasteiger partial charge in [-0.2, -0.15) is 0 Å². The monoisotopic (exact) mass is 359 g/mol. The zero-order valence-electron chi connectivity index (χ0n) is 14.6. The second-order valence-electron chi connectivity index (χ2n) is 6.82. The van der Waals surface area contributed by atoms with Crippen molar-refractivity contribution in [2.75, 3.05) is 13.1 Å². The third-order valence-corrected chi connectivity index (χ3v) is 5.23. The molecule has 0 aromatic heterocycles. The van der Waals surface area contributed by atoms with E-state index in [1.54, 1.807) is 0 Å². The normalized spacial score (nSPS) is 18.2. The number of piperidine rings is 1. The number of aliphatic hydroxyl groups is 1. The third-order valence-electron chi connectivity index (χ3n) is 5.23. The van der Waals surface area contributed by atoms with Gasteiger partial charge < -0.3 is 5.11 Å². The fraction of sp³-hybridized carbons (Fsp3) is 0.381. The summed E-state index contributed by atoms with van der Waals surface area (Å²) >= 11 is 0. The number of halogens is 1. The van der Waals surface area contributed by atoms with Gasteiger partial charge in [0.05, 0.1) is 5.60 Å². The van der Waals surface area contributed by atoms with Gasteiger partial charge in [-0.05, 0) is 18.4 Å². The molecule has 25 heavy (non-hydrogen) atoms. The van der Waals surface area contributed by atoms with Crippen LogP contribution in [0.4, 0.5) is 0 Å². The molecule has 0 aliphatic carbocycles. The zero-order valence-corrected chi connectivity index (χ0v) is 15.4. The Kier molecular flexibility index (Phi) is 6.77. The van der Waals surface area contributed by atoms with Crippen LogP contribution in [0.15, 0.2) is 60.7 Å². The molecule has 0 spiro atoms. The van der Waals surface area contributed by atoms with Crippen molar-refractivity contribution in [3.05, 3.63) is 71.8 Å². The number of rotatable bonds is 5. The van der Waals surface area contributed by atoms with Crippen LogP contribution >= 0.6 is 12.4 Å². The molecule has 134 valence electrons. The van der Waals surface area contributed by atoms with Crippen LogP contribution in [0.3, 0.4) is 0 Å². The van der Waals surface area contributed by atoms with Crippen LogP contribution < -0.4 is 0 Å². The predicted molar refractivity (Wildman–Crippen MR) is 103 cm³/mol. The first-order valence-corrected chi connectivity index (χ1v) is 8.66. The largest absolute Gasteiger partial charge is 0.389 e. The maximum absolute atomic E-state index is 12.6. The Morgan fingerprint density at radius 3 is 2.12 bits per heavy atom. The van der Waals surface area contributed by atoms with Crippen molar-refractivity contribution in [1.29, 1.82) is 0 Å². The fourth-order valence-electron chi connectivity index (χ4n) is 3.47. The molecule has 2 aromatic rings. The standard InChI is InChI=1S/C21H25NO2.ClH/c1-17(20(23)19-10-6-3-7-11-19)21(24)12-14-22(15-13-21)16-18-8-4-2-5-9-18;/h2-11,17,24H,12-16H2,1H3;1H. The van der Waals surface area contributed by atoms with E-state index in [-0.39, 0.29) is 24.1 Å². The van der Waals surface area contributed by atoms with Crippen molar-refractivity contribution in [2.45, 2.75) is 31.9 Å². The maximum Gasteiger partial charge on any atom is 0.168 e. The Balaban J connectivity index is 0.00000225. The minimum atomic E-state index is -0.903. The van der Waals surface area contributed by atoms with Crippen LogP contribution in [0.1, 0.15) is 35.7 Å². The number of nitrogens with zero attached hydrogens (tertiary/aromatic N) is 1. The highest BCUT2D eigenvalue weighted by molar-refractivity contribution is 5.98. The van der Waals surface area contributed by atoms with E-state index >= 15 is 0 Å². The number of carbonyl (C=O) groups excluding carboxylic acids is 1. The lowest BCUT2D eigenvalue weighted by Gasteiger charge is -2.41. The van der Waals surface area contributed by atoms with Gasteiger partial charge in [0.15, 0.2) is 5.78 Å². The first-order chi connectivity index (χ1) is 11.6. The van der Waals surface area contributed by atoms with E-state index in [4.69, 9.17) is 0 Å². The first kappa shape index (κ1) is 19.6. The summed E-state index contributed by atoms with van der Waals surface area (Å²) in [6.07, 6.45) is 1.28. The topological polar surface area (TPSA) is 40.5 Å². The molecular weight excluding hydrogens is 334 g/mol. The predicted octanol–water partition coefficient (Wildman–Crippen LogP) is 3.95. The number of hydrogen-bond donors (Lipinski definition) is 1. The van der Waals surface area contributed by atoms with E-state index in [2.05, 4.69) is 29.2 Å². The van der Waals surface area contributed by atoms with Crippen LogP contribution in [0.25, 0.3) is 0 Å². The Morgan fingerprint density at radius 1 is 1.04 bits per heavy atom. The molecule has 0 saturated carbocycles. The van der Waals surface area contributed by atoms with Gasteiger partial charge in [-0.1, -0.05) is 67.6 Å². The number of carbonyl (C=O) groups is 1. The van der Waals surface area contributed by atoms with Crippen molar-refractivity contribution in [3.8, 4) is 0 Å². The summed E-state index contributed by atoms with van der Waals surface area (Å²) < 4.78 is 0. The molecule has 0 radical (unpaired) electrons. The lowest BCUT2D eigenvalue weighted by molar-refractivity contribution is -0.0533. The molecule has 2 aromatic carbocycles. The minimum absolute atomic E-state index is 0. The molecule has 1 atom stereocenters. The van der Waals surface area contributed by atoms with Crippen molar-refractivity contribution in [2.24, 2.45) is 5.92 Å². The van der Waals surface area contributed by atoms with E-state index in [1.807, 2.05) is 43.3 Å². The fourth-order valence-corrected chi connectivity index (χ4v) is 3.47. The van der Waals surface area contributed by atoms with Gasteiger partial charge in [0, 0.05) is 31.1 Å². The van der Waals surface area contributed by atoms with Crippen LogP contribution in [0.2, 0.25) is 0 Å². The maximum atomic E-state index is 12.6. The summed E-state index contributed by atoms with van der Waals surface area (Å²) in [5.74, 6) is -0.339. The number of ketones is 1. The summed E-state index contributed by atoms with van der Waals surface area (Å²) in [7, 11) is 0. The number of Topliss-reactive ketones (excluding diaryl/α,β-unsaturated/α-hetero) is 1. The average molecular weight is 360 g/mol. The van der Waals surface area contributed by atoms with Gasteiger partial charge in [-0.15, -0.1) is 12.4 Å². The quantitative estimate of drug-likeness (QED) is 0.821. The molecule has 3 rings (SSSR count). The number of benzene rings is 2. The highest BCUT2D eigenvalue weighted by atomic mass is 35.5. The molecule has 1 saturated heterocycles. The molecule has 0 amide bonds. The average Bonchev–Trinajstić information content (AvgIpc) is 2.64. The van der Waals surface area contributed by atoms with Gasteiger partial charge in [0.2, 0.25) is 0 Å². The van der Waals surface area contributed by atoms with Gasteiger partial charge in [0.25, 0.3) is 0 Å². The second-order valence-corrected chi connectivity index (χ2v) is 6.82. The summed E-state index contributed by atoms with van der Waals surface area (Å²) in [6, 6.07) is 19.7. The number of hydrogen-bond acceptors (Lipinski definition) is 3. The molecule has 1 aliphatic heterocycles. The highest BCUT2D eigenvalue weighted by Crippen LogP contribution is 2.32. The molecule has 1 unspecified atom stereocenters. The Hall–Kier alpha value is -1.68. The third kappa shape index (κ3) is 4.69. The lowest BCUT2D eigenvalue weighted by atomic mass is 9.77. The summed E-state index contributed by atoms with van der Waals surface area (Å²) in [5, 5.41) is 11.0. The van der Waals surface area contributed by atoms with Crippen LogP contribution in [-0.2, 0) is 6.54 Å². The van der Waals surface area contributed by atoms with Crippen LogP contribution in [-0.4, -0.2) is 34.5 Å². The van der Waals surface area contributed by atoms with E-state index in [0.29, 0.717) is 18.4 Å². The van der Waals surface area contributed by atoms with E-state index in [0.717, 1.165) is 19.6 Å². The minimum Gasteiger partial charge on any atom is -0.389 e. The Labute approximate surface area is 156 Å². The molecule has 4 heteroatoms. The summed E-state index contributed by atoms with van der Waals surface area (Å²) in [4.78, 5) is 15.0. The van der Waals surface area contributed by atoms with E-state index in [9.17, 15) is 9.90 Å². The smallest absolute Gasteiger partial charge is 0.168 e. The highest BCUT2D eigenvalue weighted by Gasteiger charge is 2.40. The second kappa shape index (κ2) is 8.61. The van der Waals surface area contributed by atoms with Crippen LogP contribution in [0.5, 0.6) is 0 Å². The Morgan fingerprint density at radius 2 is 1.56 bits per heavy atom. The zero-order chi connectivity index (χ0) is 17.0. The van der Waals surface area contributed by atoms with Crippen molar-refractivity contribution in [1.82, 2.24) is 4.90 Å². The van der Waals surface area contributed by atoms with Crippen molar-refractivity contribution in [3.63, 3.8) is 0 Å². The Bertz CT molecular complexity index is 667. The number of likely N-dealkylation sites (tertiary alicyclic amines) is 1. The molecule has 1 fully saturated rings. The lowest BCUT2D eigenvalue weighted by Crippen LogP contribution is -2.50. The van der Waals surface area contributed by atoms with E-state index in [1.165, 1.54) is 5.56 Å². The van der Waals surface area contributed by atoms with E-state index < -0.39 is 5.60 Å². The molecule has 1 aliphatic rings. The molecule has 3 nitrogen and oxygen atoms in total. The summed E-state index contributed by atoms with van der Waals surface area (Å²) in [5.41, 5.74) is 1.07. The SMILES string of the molecule is CC(C(=O)c1ccccc1)C1(O)CCN(Cc2ccccc2)CC1.Cl. The first-order valence-electron chi connectivity index (χ1n) is 8.66. The van der Waals surface area contributed by atoms with Crippen molar-refractivity contribution < 1.29 is 9.90 Å². The van der Waals surface area contributed by atoms with Gasteiger partial charge in [0.1, 0.15) is 0 Å². The molecule has 1 heterocycles. The van der Waals surface area contributed by atoms with Crippen molar-refractivity contribution >= 4 is 18.2 Å².